The second kappa shape index (κ2) is 9.00. The van der Waals surface area contributed by atoms with E-state index in [0.717, 1.165) is 36.2 Å². The largest absolute Gasteiger partial charge is 0.331 e. The van der Waals surface area contributed by atoms with Gasteiger partial charge in [-0.2, -0.15) is 0 Å². The normalized spacial score (nSPS) is 11.3. The molecule has 0 unspecified atom stereocenters. The van der Waals surface area contributed by atoms with Crippen LogP contribution in [-0.2, 0) is 13.1 Å². The molecule has 0 spiro atoms. The van der Waals surface area contributed by atoms with E-state index in [1.807, 2.05) is 18.2 Å². The molecule has 3 aromatic rings. The summed E-state index contributed by atoms with van der Waals surface area (Å²) in [5.41, 5.74) is 2.40. The summed E-state index contributed by atoms with van der Waals surface area (Å²) in [6.45, 7) is 8.28. The number of fused-ring (bicyclic) bond motifs is 1. The molecular formula is C23H28FN3O. The van der Waals surface area contributed by atoms with Gasteiger partial charge in [-0.3, -0.25) is 4.79 Å². The number of hydrogen-bond donors (Lipinski definition) is 0. The second-order valence-electron chi connectivity index (χ2n) is 7.59. The predicted molar refractivity (Wildman–Crippen MR) is 111 cm³/mol. The molecule has 3 rings (SSSR count). The Morgan fingerprint density at radius 3 is 2.68 bits per heavy atom. The van der Waals surface area contributed by atoms with Crippen LogP contribution in [0.5, 0.6) is 0 Å². The average molecular weight is 381 g/mol. The first kappa shape index (κ1) is 20.1. The van der Waals surface area contributed by atoms with Gasteiger partial charge in [0.15, 0.2) is 0 Å². The molecule has 0 atom stereocenters. The van der Waals surface area contributed by atoms with Gasteiger partial charge in [-0.05, 0) is 49.1 Å². The molecule has 1 heterocycles. The number of aryl methyl sites for hydroxylation is 1. The van der Waals surface area contributed by atoms with Gasteiger partial charge < -0.3 is 9.47 Å². The number of hydrogen-bond acceptors (Lipinski definition) is 2. The van der Waals surface area contributed by atoms with Crippen molar-refractivity contribution in [1.29, 1.82) is 0 Å². The SMILES string of the molecule is CCCn1c(CN(CCC(C)C)C(=O)c2cccc(F)c2)nc2ccccc21. The lowest BCUT2D eigenvalue weighted by Crippen LogP contribution is -2.33. The number of imidazole rings is 1. The van der Waals surface area contributed by atoms with E-state index in [1.54, 1.807) is 17.0 Å². The Morgan fingerprint density at radius 2 is 1.96 bits per heavy atom. The van der Waals surface area contributed by atoms with Crippen molar-refractivity contribution in [1.82, 2.24) is 14.5 Å². The molecule has 1 aromatic heterocycles. The van der Waals surface area contributed by atoms with Crippen LogP contribution in [0.4, 0.5) is 4.39 Å². The van der Waals surface area contributed by atoms with Crippen molar-refractivity contribution in [3.8, 4) is 0 Å². The van der Waals surface area contributed by atoms with Gasteiger partial charge in [0.05, 0.1) is 17.6 Å². The van der Waals surface area contributed by atoms with Crippen LogP contribution in [0.1, 0.15) is 49.8 Å². The zero-order valence-corrected chi connectivity index (χ0v) is 16.9. The van der Waals surface area contributed by atoms with Crippen LogP contribution >= 0.6 is 0 Å². The van der Waals surface area contributed by atoms with Crippen LogP contribution in [0.2, 0.25) is 0 Å². The first-order chi connectivity index (χ1) is 13.5. The smallest absolute Gasteiger partial charge is 0.254 e. The Bertz CT molecular complexity index is 948. The molecule has 2 aromatic carbocycles. The molecule has 0 saturated carbocycles. The number of amides is 1. The molecular weight excluding hydrogens is 353 g/mol. The first-order valence-electron chi connectivity index (χ1n) is 9.98. The van der Waals surface area contributed by atoms with Crippen LogP contribution in [0.25, 0.3) is 11.0 Å². The molecule has 28 heavy (non-hydrogen) atoms. The minimum atomic E-state index is -0.395. The molecule has 148 valence electrons. The van der Waals surface area contributed by atoms with Gasteiger partial charge in [0, 0.05) is 18.7 Å². The fraction of sp³-hybridized carbons (Fsp3) is 0.391. The molecule has 5 heteroatoms. The number of aromatic nitrogens is 2. The van der Waals surface area contributed by atoms with E-state index in [2.05, 4.69) is 31.4 Å². The molecule has 0 aliphatic carbocycles. The summed E-state index contributed by atoms with van der Waals surface area (Å²) in [7, 11) is 0. The molecule has 0 bridgehead atoms. The monoisotopic (exact) mass is 381 g/mol. The molecule has 0 saturated heterocycles. The summed E-state index contributed by atoms with van der Waals surface area (Å²) in [6, 6.07) is 14.0. The Morgan fingerprint density at radius 1 is 1.18 bits per heavy atom. The van der Waals surface area contributed by atoms with E-state index >= 15 is 0 Å². The number of para-hydroxylation sites is 2. The van der Waals surface area contributed by atoms with Gasteiger partial charge in [-0.25, -0.2) is 9.37 Å². The summed E-state index contributed by atoms with van der Waals surface area (Å²) in [5, 5.41) is 0. The predicted octanol–water partition coefficient (Wildman–Crippen LogP) is 5.27. The highest BCUT2D eigenvalue weighted by molar-refractivity contribution is 5.94. The molecule has 4 nitrogen and oxygen atoms in total. The van der Waals surface area contributed by atoms with Crippen molar-refractivity contribution in [2.75, 3.05) is 6.54 Å². The Labute approximate surface area is 166 Å². The maximum absolute atomic E-state index is 13.6. The molecule has 0 radical (unpaired) electrons. The Hall–Kier alpha value is -2.69. The van der Waals surface area contributed by atoms with Crippen LogP contribution in [-0.4, -0.2) is 26.9 Å². The van der Waals surface area contributed by atoms with Crippen molar-refractivity contribution in [2.24, 2.45) is 5.92 Å². The van der Waals surface area contributed by atoms with E-state index in [4.69, 9.17) is 4.98 Å². The zero-order chi connectivity index (χ0) is 20.1. The van der Waals surface area contributed by atoms with Gasteiger partial charge in [-0.1, -0.05) is 39.0 Å². The zero-order valence-electron chi connectivity index (χ0n) is 16.9. The lowest BCUT2D eigenvalue weighted by Gasteiger charge is -2.24. The summed E-state index contributed by atoms with van der Waals surface area (Å²) in [4.78, 5) is 19.7. The second-order valence-corrected chi connectivity index (χ2v) is 7.59. The Balaban J connectivity index is 1.94. The summed E-state index contributed by atoms with van der Waals surface area (Å²) < 4.78 is 15.8. The fourth-order valence-corrected chi connectivity index (χ4v) is 3.36. The lowest BCUT2D eigenvalue weighted by molar-refractivity contribution is 0.0729. The fourth-order valence-electron chi connectivity index (χ4n) is 3.36. The standard InChI is InChI=1S/C23H28FN3O/c1-4-13-27-21-11-6-5-10-20(21)25-22(27)16-26(14-12-17(2)3)23(28)18-8-7-9-19(24)15-18/h5-11,15,17H,4,12-14,16H2,1-3H3. The van der Waals surface area contributed by atoms with Gasteiger partial charge in [0.25, 0.3) is 5.91 Å². The highest BCUT2D eigenvalue weighted by Gasteiger charge is 2.20. The molecule has 1 amide bonds. The summed E-state index contributed by atoms with van der Waals surface area (Å²) in [5.74, 6) is 0.789. The quantitative estimate of drug-likeness (QED) is 0.533. The van der Waals surface area contributed by atoms with E-state index in [-0.39, 0.29) is 5.91 Å². The van der Waals surface area contributed by atoms with Gasteiger partial charge in [0.2, 0.25) is 0 Å². The van der Waals surface area contributed by atoms with Crippen molar-refractivity contribution >= 4 is 16.9 Å². The van der Waals surface area contributed by atoms with E-state index < -0.39 is 5.82 Å². The summed E-state index contributed by atoms with van der Waals surface area (Å²) >= 11 is 0. The topological polar surface area (TPSA) is 38.1 Å². The first-order valence-corrected chi connectivity index (χ1v) is 9.98. The number of carbonyl (C=O) groups is 1. The van der Waals surface area contributed by atoms with Gasteiger partial charge >= 0.3 is 0 Å². The third-order valence-electron chi connectivity index (χ3n) is 4.85. The maximum atomic E-state index is 13.6. The molecule has 0 fully saturated rings. The van der Waals surface area contributed by atoms with E-state index in [1.165, 1.54) is 12.1 Å². The van der Waals surface area contributed by atoms with Crippen LogP contribution < -0.4 is 0 Å². The number of halogens is 1. The number of benzene rings is 2. The van der Waals surface area contributed by atoms with E-state index in [0.29, 0.717) is 24.6 Å². The molecule has 0 aliphatic rings. The third kappa shape index (κ3) is 4.58. The minimum Gasteiger partial charge on any atom is -0.331 e. The minimum absolute atomic E-state index is 0.157. The van der Waals surface area contributed by atoms with Crippen LogP contribution in [0, 0.1) is 11.7 Å². The van der Waals surface area contributed by atoms with Gasteiger partial charge in [0.1, 0.15) is 11.6 Å². The van der Waals surface area contributed by atoms with Gasteiger partial charge in [-0.15, -0.1) is 0 Å². The average Bonchev–Trinajstić information content (AvgIpc) is 3.02. The highest BCUT2D eigenvalue weighted by Crippen LogP contribution is 2.20. The third-order valence-corrected chi connectivity index (χ3v) is 4.85. The maximum Gasteiger partial charge on any atom is 0.254 e. The molecule has 0 aliphatic heterocycles. The van der Waals surface area contributed by atoms with Crippen molar-refractivity contribution < 1.29 is 9.18 Å². The van der Waals surface area contributed by atoms with E-state index in [9.17, 15) is 9.18 Å². The number of rotatable bonds is 8. The lowest BCUT2D eigenvalue weighted by atomic mass is 10.1. The van der Waals surface area contributed by atoms with Crippen molar-refractivity contribution in [2.45, 2.75) is 46.7 Å². The summed E-state index contributed by atoms with van der Waals surface area (Å²) in [6.07, 6.45) is 1.87. The van der Waals surface area contributed by atoms with Crippen molar-refractivity contribution in [3.63, 3.8) is 0 Å². The van der Waals surface area contributed by atoms with Crippen LogP contribution in [0.3, 0.4) is 0 Å². The molecule has 0 N–H and O–H groups in total. The Kier molecular flexibility index (Phi) is 6.45. The van der Waals surface area contributed by atoms with Crippen molar-refractivity contribution in [3.05, 3.63) is 65.7 Å². The highest BCUT2D eigenvalue weighted by atomic mass is 19.1. The number of carbonyl (C=O) groups excluding carboxylic acids is 1. The number of nitrogens with zero attached hydrogens (tertiary/aromatic N) is 3. The van der Waals surface area contributed by atoms with Crippen LogP contribution in [0.15, 0.2) is 48.5 Å².